The first-order valence-corrected chi connectivity index (χ1v) is 9.83. The first kappa shape index (κ1) is 19.6. The summed E-state index contributed by atoms with van der Waals surface area (Å²) >= 11 is 6.20. The number of rotatable bonds is 2. The molecule has 4 aromatic rings. The van der Waals surface area contributed by atoms with Crippen LogP contribution in [0.2, 0.25) is 5.02 Å². The van der Waals surface area contributed by atoms with Gasteiger partial charge in [-0.05, 0) is 47.9 Å². The van der Waals surface area contributed by atoms with Crippen LogP contribution in [0.5, 0.6) is 0 Å². The first-order valence-electron chi connectivity index (χ1n) is 9.45. The van der Waals surface area contributed by atoms with E-state index in [0.717, 1.165) is 29.1 Å². The van der Waals surface area contributed by atoms with Gasteiger partial charge >= 0.3 is 6.18 Å². The molecule has 5 nitrogen and oxygen atoms in total. The van der Waals surface area contributed by atoms with Crippen LogP contribution >= 0.6 is 11.6 Å². The number of anilines is 3. The summed E-state index contributed by atoms with van der Waals surface area (Å²) in [5.41, 5.74) is 8.16. The highest BCUT2D eigenvalue weighted by Crippen LogP contribution is 2.40. The van der Waals surface area contributed by atoms with Crippen LogP contribution in [0.4, 0.5) is 30.5 Å². The fourth-order valence-corrected chi connectivity index (χ4v) is 4.04. The van der Waals surface area contributed by atoms with E-state index in [0.29, 0.717) is 34.0 Å². The minimum Gasteiger partial charge on any atom is -0.383 e. The molecule has 31 heavy (non-hydrogen) atoms. The van der Waals surface area contributed by atoms with Gasteiger partial charge in [0, 0.05) is 34.4 Å². The fourth-order valence-electron chi connectivity index (χ4n) is 3.87. The molecule has 0 radical (unpaired) electrons. The lowest BCUT2D eigenvalue weighted by Crippen LogP contribution is -2.15. The number of fused-ring (bicyclic) bond motifs is 2. The Balaban J connectivity index is 1.65. The maximum atomic E-state index is 13.3. The van der Waals surface area contributed by atoms with E-state index >= 15 is 0 Å². The molecule has 0 aliphatic carbocycles. The van der Waals surface area contributed by atoms with E-state index in [1.54, 1.807) is 18.2 Å². The largest absolute Gasteiger partial charge is 0.419 e. The lowest BCUT2D eigenvalue weighted by molar-refractivity contribution is -0.137. The van der Waals surface area contributed by atoms with Gasteiger partial charge in [-0.1, -0.05) is 23.7 Å². The quantitative estimate of drug-likeness (QED) is 0.436. The maximum absolute atomic E-state index is 13.3. The van der Waals surface area contributed by atoms with Gasteiger partial charge in [0.15, 0.2) is 0 Å². The van der Waals surface area contributed by atoms with Crippen LogP contribution in [0.3, 0.4) is 0 Å². The van der Waals surface area contributed by atoms with Crippen molar-refractivity contribution in [3.05, 3.63) is 71.1 Å². The lowest BCUT2D eigenvalue weighted by atomic mass is 10.0. The summed E-state index contributed by atoms with van der Waals surface area (Å²) in [5, 5.41) is 1.34. The van der Waals surface area contributed by atoms with Gasteiger partial charge in [-0.2, -0.15) is 13.2 Å². The average molecular weight is 442 g/mol. The van der Waals surface area contributed by atoms with Crippen LogP contribution in [0.15, 0.2) is 55.0 Å². The van der Waals surface area contributed by atoms with Crippen molar-refractivity contribution in [3.8, 4) is 11.1 Å². The third-order valence-electron chi connectivity index (χ3n) is 5.37. The molecule has 9 heteroatoms. The van der Waals surface area contributed by atoms with Crippen molar-refractivity contribution in [2.45, 2.75) is 12.6 Å². The summed E-state index contributed by atoms with van der Waals surface area (Å²) in [6.45, 7) is 0.716. The van der Waals surface area contributed by atoms with Crippen molar-refractivity contribution in [3.63, 3.8) is 0 Å². The van der Waals surface area contributed by atoms with Crippen LogP contribution in [-0.2, 0) is 12.6 Å². The summed E-state index contributed by atoms with van der Waals surface area (Å²) in [6.07, 6.45) is -0.933. The zero-order valence-electron chi connectivity index (χ0n) is 16.0. The molecule has 0 saturated carbocycles. The molecule has 0 fully saturated rings. The van der Waals surface area contributed by atoms with Crippen LogP contribution in [0, 0.1) is 0 Å². The van der Waals surface area contributed by atoms with E-state index in [-0.39, 0.29) is 0 Å². The van der Waals surface area contributed by atoms with Gasteiger partial charge in [-0.15, -0.1) is 0 Å². The molecule has 2 aromatic carbocycles. The molecule has 1 aliphatic heterocycles. The van der Waals surface area contributed by atoms with Gasteiger partial charge < -0.3 is 10.6 Å². The fraction of sp³-hybridized carbons (Fsp3) is 0.136. The summed E-state index contributed by atoms with van der Waals surface area (Å²) in [6, 6.07) is 12.0. The summed E-state index contributed by atoms with van der Waals surface area (Å²) in [5.74, 6) is 0.124. The normalized spacial score (nSPS) is 13.6. The standard InChI is InChI=1S/C22H15ClF3N5/c23-15-3-1-12-5-6-31(19(12)9-15)21-16-7-13(2-4-18(16)29-11-30-21)14-8-17(22(24,25)26)20(27)28-10-14/h1-4,7-11H,5-6H2,(H2,27,28). The summed E-state index contributed by atoms with van der Waals surface area (Å²) in [4.78, 5) is 14.6. The second-order valence-corrected chi connectivity index (χ2v) is 7.69. The van der Waals surface area contributed by atoms with Crippen molar-refractivity contribution in [2.24, 2.45) is 0 Å². The van der Waals surface area contributed by atoms with E-state index < -0.39 is 17.6 Å². The first-order chi connectivity index (χ1) is 14.8. The summed E-state index contributed by atoms with van der Waals surface area (Å²) in [7, 11) is 0. The average Bonchev–Trinajstić information content (AvgIpc) is 3.15. The Kier molecular flexibility index (Phi) is 4.48. The molecule has 3 heterocycles. The van der Waals surface area contributed by atoms with E-state index in [2.05, 4.69) is 19.9 Å². The maximum Gasteiger partial charge on any atom is 0.419 e. The lowest BCUT2D eigenvalue weighted by Gasteiger charge is -2.20. The zero-order chi connectivity index (χ0) is 21.8. The SMILES string of the molecule is Nc1ncc(-c2ccc3ncnc(N4CCc5ccc(Cl)cc54)c3c2)cc1C(F)(F)F. The Morgan fingerprint density at radius 2 is 1.81 bits per heavy atom. The van der Waals surface area contributed by atoms with Crippen molar-refractivity contribution in [1.82, 2.24) is 15.0 Å². The molecule has 0 spiro atoms. The predicted octanol–water partition coefficient (Wildman–Crippen LogP) is 5.64. The highest BCUT2D eigenvalue weighted by atomic mass is 35.5. The molecule has 0 amide bonds. The second kappa shape index (κ2) is 7.09. The molecule has 1 aliphatic rings. The minimum absolute atomic E-state index is 0.308. The number of nitrogens with zero attached hydrogens (tertiary/aromatic N) is 4. The number of hydrogen-bond acceptors (Lipinski definition) is 5. The molecule has 0 bridgehead atoms. The topological polar surface area (TPSA) is 67.9 Å². The highest BCUT2D eigenvalue weighted by Gasteiger charge is 2.34. The Bertz CT molecular complexity index is 1320. The van der Waals surface area contributed by atoms with E-state index in [1.807, 2.05) is 18.2 Å². The van der Waals surface area contributed by atoms with E-state index in [9.17, 15) is 13.2 Å². The van der Waals surface area contributed by atoms with Crippen molar-refractivity contribution in [2.75, 3.05) is 17.2 Å². The van der Waals surface area contributed by atoms with Gasteiger partial charge in [0.05, 0.1) is 11.1 Å². The number of benzene rings is 2. The summed E-state index contributed by atoms with van der Waals surface area (Å²) < 4.78 is 39.8. The Morgan fingerprint density at radius 1 is 0.968 bits per heavy atom. The van der Waals surface area contributed by atoms with Crippen LogP contribution < -0.4 is 10.6 Å². The van der Waals surface area contributed by atoms with Crippen LogP contribution in [0.25, 0.3) is 22.0 Å². The van der Waals surface area contributed by atoms with Gasteiger partial charge in [0.1, 0.15) is 18.0 Å². The van der Waals surface area contributed by atoms with Gasteiger partial charge in [-0.25, -0.2) is 15.0 Å². The highest BCUT2D eigenvalue weighted by molar-refractivity contribution is 6.31. The Labute approximate surface area is 180 Å². The van der Waals surface area contributed by atoms with Crippen molar-refractivity contribution >= 4 is 39.8 Å². The second-order valence-electron chi connectivity index (χ2n) is 7.26. The van der Waals surface area contributed by atoms with Crippen LogP contribution in [-0.4, -0.2) is 21.5 Å². The number of nitrogen functional groups attached to an aromatic ring is 1. The third kappa shape index (κ3) is 3.42. The molecule has 5 rings (SSSR count). The molecule has 2 N–H and O–H groups in total. The third-order valence-corrected chi connectivity index (χ3v) is 5.61. The number of hydrogen-bond donors (Lipinski definition) is 1. The zero-order valence-corrected chi connectivity index (χ0v) is 16.7. The molecular weight excluding hydrogens is 427 g/mol. The van der Waals surface area contributed by atoms with Gasteiger partial charge in [0.2, 0.25) is 0 Å². The Hall–Kier alpha value is -3.39. The molecular formula is C22H15ClF3N5. The van der Waals surface area contributed by atoms with E-state index in [4.69, 9.17) is 17.3 Å². The number of aromatic nitrogens is 3. The molecule has 0 saturated heterocycles. The van der Waals surface area contributed by atoms with Crippen molar-refractivity contribution < 1.29 is 13.2 Å². The molecule has 2 aromatic heterocycles. The van der Waals surface area contributed by atoms with Crippen LogP contribution in [0.1, 0.15) is 11.1 Å². The number of pyridine rings is 1. The number of alkyl halides is 3. The smallest absolute Gasteiger partial charge is 0.383 e. The van der Waals surface area contributed by atoms with E-state index in [1.165, 1.54) is 12.5 Å². The Morgan fingerprint density at radius 3 is 2.61 bits per heavy atom. The minimum atomic E-state index is -4.59. The number of nitrogens with two attached hydrogens (primary N) is 1. The molecule has 0 atom stereocenters. The number of halogens is 4. The van der Waals surface area contributed by atoms with Gasteiger partial charge in [-0.3, -0.25) is 0 Å². The van der Waals surface area contributed by atoms with Crippen molar-refractivity contribution in [1.29, 1.82) is 0 Å². The monoisotopic (exact) mass is 441 g/mol. The molecule has 0 unspecified atom stereocenters. The van der Waals surface area contributed by atoms with Gasteiger partial charge in [0.25, 0.3) is 0 Å². The predicted molar refractivity (Wildman–Crippen MR) is 114 cm³/mol. The molecule has 156 valence electrons.